The van der Waals surface area contributed by atoms with Crippen LogP contribution in [0, 0.1) is 5.82 Å². The number of hydrogen-bond acceptors (Lipinski definition) is 3. The summed E-state index contributed by atoms with van der Waals surface area (Å²) >= 11 is 1.49. The molecule has 0 unspecified atom stereocenters. The zero-order chi connectivity index (χ0) is 14.6. The zero-order valence-electron chi connectivity index (χ0n) is 12.0. The Morgan fingerprint density at radius 3 is 2.70 bits per heavy atom. The van der Waals surface area contributed by atoms with Crippen LogP contribution in [0.25, 0.3) is 0 Å². The van der Waals surface area contributed by atoms with Crippen molar-refractivity contribution in [3.8, 4) is 0 Å². The largest absolute Gasteiger partial charge is 0.308 e. The SMILES string of the molecule is CC(C)(C)NCc1cccnc1Sc1cccc(F)c1. The molecule has 2 nitrogen and oxygen atoms in total. The van der Waals surface area contributed by atoms with Crippen molar-refractivity contribution < 1.29 is 4.39 Å². The van der Waals surface area contributed by atoms with E-state index >= 15 is 0 Å². The first-order chi connectivity index (χ1) is 9.44. The van der Waals surface area contributed by atoms with E-state index in [9.17, 15) is 4.39 Å². The summed E-state index contributed by atoms with van der Waals surface area (Å²) in [4.78, 5) is 5.27. The standard InChI is InChI=1S/C16H19FN2S/c1-16(2,3)19-11-12-6-5-9-18-15(12)20-14-8-4-7-13(17)10-14/h4-10,19H,11H2,1-3H3. The number of rotatable bonds is 4. The molecule has 1 aromatic heterocycles. The molecule has 0 atom stereocenters. The lowest BCUT2D eigenvalue weighted by Crippen LogP contribution is -2.35. The van der Waals surface area contributed by atoms with E-state index in [2.05, 4.69) is 31.1 Å². The maximum atomic E-state index is 13.2. The van der Waals surface area contributed by atoms with Crippen LogP contribution in [-0.4, -0.2) is 10.5 Å². The second-order valence-electron chi connectivity index (χ2n) is 5.63. The van der Waals surface area contributed by atoms with Gasteiger partial charge in [0.2, 0.25) is 0 Å². The lowest BCUT2D eigenvalue weighted by molar-refractivity contribution is 0.422. The maximum absolute atomic E-state index is 13.2. The molecule has 0 saturated carbocycles. The molecule has 0 aliphatic rings. The van der Waals surface area contributed by atoms with Gasteiger partial charge in [-0.05, 0) is 50.6 Å². The van der Waals surface area contributed by atoms with E-state index in [1.807, 2.05) is 18.2 Å². The second kappa shape index (κ2) is 6.37. The highest BCUT2D eigenvalue weighted by atomic mass is 32.2. The predicted molar refractivity (Wildman–Crippen MR) is 81.4 cm³/mol. The minimum absolute atomic E-state index is 0.0522. The van der Waals surface area contributed by atoms with Crippen LogP contribution >= 0.6 is 11.8 Å². The summed E-state index contributed by atoms with van der Waals surface area (Å²) in [5.74, 6) is -0.222. The van der Waals surface area contributed by atoms with Crippen LogP contribution in [0.3, 0.4) is 0 Å². The third-order valence-electron chi connectivity index (χ3n) is 2.67. The smallest absolute Gasteiger partial charge is 0.124 e. The summed E-state index contributed by atoms with van der Waals surface area (Å²) < 4.78 is 13.2. The molecule has 0 aliphatic heterocycles. The summed E-state index contributed by atoms with van der Waals surface area (Å²) in [6, 6.07) is 10.6. The molecule has 106 valence electrons. The quantitative estimate of drug-likeness (QED) is 0.910. The molecule has 2 aromatic rings. The van der Waals surface area contributed by atoms with E-state index in [0.29, 0.717) is 0 Å². The molecule has 1 heterocycles. The fraction of sp³-hybridized carbons (Fsp3) is 0.312. The number of hydrogen-bond donors (Lipinski definition) is 1. The first kappa shape index (κ1) is 15.0. The number of aromatic nitrogens is 1. The number of pyridine rings is 1. The van der Waals surface area contributed by atoms with Crippen LogP contribution in [0.15, 0.2) is 52.5 Å². The Kier molecular flexibility index (Phi) is 4.78. The van der Waals surface area contributed by atoms with Crippen LogP contribution in [-0.2, 0) is 6.54 Å². The molecule has 0 fully saturated rings. The third kappa shape index (κ3) is 4.62. The molecule has 1 N–H and O–H groups in total. The van der Waals surface area contributed by atoms with Crippen LogP contribution in [0.2, 0.25) is 0 Å². The Bertz CT molecular complexity index is 579. The van der Waals surface area contributed by atoms with Gasteiger partial charge >= 0.3 is 0 Å². The van der Waals surface area contributed by atoms with Gasteiger partial charge in [0.15, 0.2) is 0 Å². The second-order valence-corrected chi connectivity index (χ2v) is 6.69. The van der Waals surface area contributed by atoms with Gasteiger partial charge in [-0.2, -0.15) is 0 Å². The molecular weight excluding hydrogens is 271 g/mol. The van der Waals surface area contributed by atoms with E-state index < -0.39 is 0 Å². The lowest BCUT2D eigenvalue weighted by Gasteiger charge is -2.21. The molecule has 1 aromatic carbocycles. The number of benzene rings is 1. The number of nitrogens with zero attached hydrogens (tertiary/aromatic N) is 1. The highest BCUT2D eigenvalue weighted by Gasteiger charge is 2.11. The van der Waals surface area contributed by atoms with Crippen LogP contribution in [0.4, 0.5) is 4.39 Å². The zero-order valence-corrected chi connectivity index (χ0v) is 12.8. The maximum Gasteiger partial charge on any atom is 0.124 e. The summed E-state index contributed by atoms with van der Waals surface area (Å²) in [5, 5.41) is 4.36. The monoisotopic (exact) mass is 290 g/mol. The molecule has 20 heavy (non-hydrogen) atoms. The molecule has 0 aliphatic carbocycles. The van der Waals surface area contributed by atoms with Gasteiger partial charge in [0.1, 0.15) is 10.8 Å². The third-order valence-corrected chi connectivity index (χ3v) is 3.72. The van der Waals surface area contributed by atoms with Crippen LogP contribution in [0.5, 0.6) is 0 Å². The first-order valence-corrected chi connectivity index (χ1v) is 7.38. The van der Waals surface area contributed by atoms with Gasteiger partial charge in [-0.1, -0.05) is 23.9 Å². The van der Waals surface area contributed by atoms with E-state index in [-0.39, 0.29) is 11.4 Å². The molecule has 4 heteroatoms. The molecule has 0 bridgehead atoms. The van der Waals surface area contributed by atoms with Gasteiger partial charge in [0.25, 0.3) is 0 Å². The Morgan fingerprint density at radius 2 is 2.00 bits per heavy atom. The van der Waals surface area contributed by atoms with Gasteiger partial charge in [0.05, 0.1) is 0 Å². The van der Waals surface area contributed by atoms with E-state index in [1.165, 1.54) is 23.9 Å². The molecule has 0 spiro atoms. The van der Waals surface area contributed by atoms with Crippen molar-refractivity contribution in [2.45, 2.75) is 42.8 Å². The molecular formula is C16H19FN2S. The Balaban J connectivity index is 2.15. The van der Waals surface area contributed by atoms with Crippen molar-refractivity contribution in [1.29, 1.82) is 0 Å². The normalized spacial score (nSPS) is 11.6. The summed E-state index contributed by atoms with van der Waals surface area (Å²) in [5.41, 5.74) is 1.17. The average Bonchev–Trinajstić information content (AvgIpc) is 2.37. The molecule has 0 amide bonds. The van der Waals surface area contributed by atoms with Crippen LogP contribution < -0.4 is 5.32 Å². The van der Waals surface area contributed by atoms with Crippen molar-refractivity contribution in [1.82, 2.24) is 10.3 Å². The topological polar surface area (TPSA) is 24.9 Å². The molecule has 0 saturated heterocycles. The Hall–Kier alpha value is -1.39. The Labute approximate surface area is 123 Å². The summed E-state index contributed by atoms with van der Waals surface area (Å²) in [7, 11) is 0. The predicted octanol–water partition coefficient (Wildman–Crippen LogP) is 4.26. The minimum atomic E-state index is -0.222. The van der Waals surface area contributed by atoms with E-state index in [4.69, 9.17) is 0 Å². The molecule has 0 radical (unpaired) electrons. The van der Waals surface area contributed by atoms with E-state index in [1.54, 1.807) is 12.3 Å². The lowest BCUT2D eigenvalue weighted by atomic mass is 10.1. The minimum Gasteiger partial charge on any atom is -0.308 e. The average molecular weight is 290 g/mol. The van der Waals surface area contributed by atoms with Gasteiger partial charge in [-0.3, -0.25) is 0 Å². The van der Waals surface area contributed by atoms with Gasteiger partial charge in [-0.25, -0.2) is 9.37 Å². The van der Waals surface area contributed by atoms with Crippen molar-refractivity contribution in [2.24, 2.45) is 0 Å². The van der Waals surface area contributed by atoms with E-state index in [0.717, 1.165) is 22.0 Å². The highest BCUT2D eigenvalue weighted by molar-refractivity contribution is 7.99. The fourth-order valence-corrected chi connectivity index (χ4v) is 2.58. The van der Waals surface area contributed by atoms with Crippen molar-refractivity contribution in [3.63, 3.8) is 0 Å². The summed E-state index contributed by atoms with van der Waals surface area (Å²) in [6.45, 7) is 7.13. The van der Waals surface area contributed by atoms with Crippen LogP contribution in [0.1, 0.15) is 26.3 Å². The Morgan fingerprint density at radius 1 is 1.20 bits per heavy atom. The molecule has 2 rings (SSSR count). The highest BCUT2D eigenvalue weighted by Crippen LogP contribution is 2.29. The van der Waals surface area contributed by atoms with Gasteiger partial charge in [0, 0.05) is 23.2 Å². The van der Waals surface area contributed by atoms with Gasteiger partial charge in [-0.15, -0.1) is 0 Å². The van der Waals surface area contributed by atoms with Crippen molar-refractivity contribution in [2.75, 3.05) is 0 Å². The van der Waals surface area contributed by atoms with Crippen molar-refractivity contribution in [3.05, 3.63) is 54.0 Å². The fourth-order valence-electron chi connectivity index (χ4n) is 1.65. The number of nitrogens with one attached hydrogen (secondary N) is 1. The van der Waals surface area contributed by atoms with Crippen molar-refractivity contribution >= 4 is 11.8 Å². The first-order valence-electron chi connectivity index (χ1n) is 6.56. The number of halogens is 1. The summed E-state index contributed by atoms with van der Waals surface area (Å²) in [6.07, 6.45) is 1.77. The van der Waals surface area contributed by atoms with Gasteiger partial charge < -0.3 is 5.32 Å².